The van der Waals surface area contributed by atoms with E-state index in [-0.39, 0.29) is 37.4 Å². The lowest BCUT2D eigenvalue weighted by Gasteiger charge is -2.33. The SMILES string of the molecule is CCCCCC1CCC(c2ccc(-c3ccc(C4CCC(C(F)(F)Oc5cc(F)c(N=C=S)c(F)c5)CC4)c(F)c3)c(F)c2)CC1. The zero-order valence-corrected chi connectivity index (χ0v) is 26.8. The molecular weight excluding hydrogens is 620 g/mol. The molecule has 2 aliphatic rings. The molecule has 2 aliphatic carbocycles. The van der Waals surface area contributed by atoms with Gasteiger partial charge >= 0.3 is 6.11 Å². The van der Waals surface area contributed by atoms with Gasteiger partial charge in [-0.25, -0.2) is 17.6 Å². The first kappa shape index (κ1) is 34.2. The van der Waals surface area contributed by atoms with Gasteiger partial charge in [0.25, 0.3) is 0 Å². The summed E-state index contributed by atoms with van der Waals surface area (Å²) >= 11 is 4.34. The van der Waals surface area contributed by atoms with Crippen LogP contribution in [-0.4, -0.2) is 11.3 Å². The van der Waals surface area contributed by atoms with Crippen molar-refractivity contribution in [3.63, 3.8) is 0 Å². The zero-order chi connectivity index (χ0) is 32.8. The van der Waals surface area contributed by atoms with E-state index in [2.05, 4.69) is 24.1 Å². The molecular formula is C37H39F6NOS. The molecule has 0 atom stereocenters. The van der Waals surface area contributed by atoms with E-state index in [1.165, 1.54) is 44.6 Å². The van der Waals surface area contributed by atoms with Crippen LogP contribution >= 0.6 is 12.2 Å². The number of isothiocyanates is 1. The Hall–Kier alpha value is -3.16. The van der Waals surface area contributed by atoms with Crippen molar-refractivity contribution >= 4 is 23.1 Å². The fraction of sp³-hybridized carbons (Fsp3) is 0.486. The number of unbranched alkanes of at least 4 members (excludes halogenated alkanes) is 2. The quantitative estimate of drug-likeness (QED) is 0.0884. The van der Waals surface area contributed by atoms with Gasteiger partial charge in [-0.1, -0.05) is 56.9 Å². The Morgan fingerprint density at radius 2 is 1.46 bits per heavy atom. The van der Waals surface area contributed by atoms with Crippen molar-refractivity contribution in [2.75, 3.05) is 0 Å². The van der Waals surface area contributed by atoms with E-state index < -0.39 is 40.9 Å². The normalized spacial score (nSPS) is 21.9. The first-order valence-corrected chi connectivity index (χ1v) is 16.7. The molecule has 0 saturated heterocycles. The third kappa shape index (κ3) is 8.03. The maximum atomic E-state index is 15.4. The second-order valence-corrected chi connectivity index (χ2v) is 13.0. The molecule has 0 heterocycles. The Morgan fingerprint density at radius 1 is 0.783 bits per heavy atom. The largest absolute Gasteiger partial charge is 0.432 e. The van der Waals surface area contributed by atoms with Crippen molar-refractivity contribution in [3.8, 4) is 16.9 Å². The zero-order valence-electron chi connectivity index (χ0n) is 25.9. The summed E-state index contributed by atoms with van der Waals surface area (Å²) in [5.74, 6) is -4.35. The maximum Gasteiger partial charge on any atom is 0.400 e. The highest BCUT2D eigenvalue weighted by molar-refractivity contribution is 7.78. The molecule has 9 heteroatoms. The Labute approximate surface area is 272 Å². The van der Waals surface area contributed by atoms with Crippen LogP contribution in [-0.2, 0) is 0 Å². The Kier molecular flexibility index (Phi) is 11.3. The van der Waals surface area contributed by atoms with Gasteiger partial charge in [0.1, 0.15) is 23.1 Å². The third-order valence-corrected chi connectivity index (χ3v) is 9.97. The molecule has 0 bridgehead atoms. The van der Waals surface area contributed by atoms with E-state index in [0.29, 0.717) is 34.7 Å². The molecule has 246 valence electrons. The minimum absolute atomic E-state index is 0.0217. The molecule has 0 aromatic heterocycles. The summed E-state index contributed by atoms with van der Waals surface area (Å²) in [6.45, 7) is 2.22. The van der Waals surface area contributed by atoms with Crippen LogP contribution in [0.3, 0.4) is 0 Å². The van der Waals surface area contributed by atoms with E-state index in [1.807, 2.05) is 11.2 Å². The van der Waals surface area contributed by atoms with Crippen LogP contribution in [0.5, 0.6) is 5.75 Å². The standard InChI is InChI=1S/C37H39F6NOS/c1-2-3-4-5-23-6-8-24(9-7-23)26-12-16-31(32(38)18-26)27-13-17-30(33(39)19-27)25-10-14-28(15-11-25)37(42,43)45-29-20-34(40)36(44-22-46)35(41)21-29/h12-13,16-21,23-25,28H,2-11,14-15H2,1H3. The number of hydrogen-bond donors (Lipinski definition) is 0. The number of rotatable bonds is 11. The van der Waals surface area contributed by atoms with E-state index >= 15 is 8.78 Å². The van der Waals surface area contributed by atoms with Gasteiger partial charge in [0, 0.05) is 17.7 Å². The molecule has 5 rings (SSSR count). The van der Waals surface area contributed by atoms with Crippen molar-refractivity contribution in [1.29, 1.82) is 0 Å². The van der Waals surface area contributed by atoms with Crippen LogP contribution < -0.4 is 4.74 Å². The highest BCUT2D eigenvalue weighted by atomic mass is 32.1. The lowest BCUT2D eigenvalue weighted by molar-refractivity contribution is -0.222. The van der Waals surface area contributed by atoms with Gasteiger partial charge in [-0.2, -0.15) is 13.8 Å². The first-order valence-electron chi connectivity index (χ1n) is 16.3. The number of alkyl halides is 2. The highest BCUT2D eigenvalue weighted by Crippen LogP contribution is 2.45. The van der Waals surface area contributed by atoms with Crippen LogP contribution in [0.25, 0.3) is 11.1 Å². The summed E-state index contributed by atoms with van der Waals surface area (Å²) in [6.07, 6.45) is 6.44. The Balaban J connectivity index is 1.18. The van der Waals surface area contributed by atoms with Gasteiger partial charge in [-0.15, -0.1) is 0 Å². The summed E-state index contributed by atoms with van der Waals surface area (Å²) in [5, 5.41) is 1.84. The molecule has 3 aromatic rings. The number of aliphatic imine (C=N–C) groups is 1. The molecule has 2 fully saturated rings. The van der Waals surface area contributed by atoms with E-state index in [4.69, 9.17) is 4.74 Å². The number of benzene rings is 3. The molecule has 0 aliphatic heterocycles. The van der Waals surface area contributed by atoms with Crippen molar-refractivity contribution in [2.24, 2.45) is 16.8 Å². The predicted molar refractivity (Wildman–Crippen MR) is 172 cm³/mol. The summed E-state index contributed by atoms with van der Waals surface area (Å²) in [5.41, 5.74) is 1.43. The number of nitrogens with zero attached hydrogens (tertiary/aromatic N) is 1. The van der Waals surface area contributed by atoms with Crippen molar-refractivity contribution in [1.82, 2.24) is 0 Å². The van der Waals surface area contributed by atoms with Crippen LogP contribution in [0.4, 0.5) is 32.0 Å². The van der Waals surface area contributed by atoms with Gasteiger partial charge in [0.2, 0.25) is 0 Å². The lowest BCUT2D eigenvalue weighted by atomic mass is 9.76. The van der Waals surface area contributed by atoms with Crippen LogP contribution in [0.2, 0.25) is 0 Å². The van der Waals surface area contributed by atoms with Gasteiger partial charge in [0.05, 0.1) is 11.1 Å². The third-order valence-electron chi connectivity index (χ3n) is 9.88. The minimum Gasteiger partial charge on any atom is -0.432 e. The van der Waals surface area contributed by atoms with E-state index in [1.54, 1.807) is 24.3 Å². The van der Waals surface area contributed by atoms with Crippen LogP contribution in [0.1, 0.15) is 107 Å². The number of ether oxygens (including phenoxy) is 1. The molecule has 0 unspecified atom stereocenters. The number of thiocarbonyl (C=S) groups is 1. The first-order chi connectivity index (χ1) is 22.1. The molecule has 0 amide bonds. The maximum absolute atomic E-state index is 15.4. The number of halogens is 6. The highest BCUT2D eigenvalue weighted by Gasteiger charge is 2.44. The van der Waals surface area contributed by atoms with Crippen molar-refractivity contribution in [2.45, 2.75) is 102 Å². The van der Waals surface area contributed by atoms with Gasteiger partial charge in [-0.05, 0) is 110 Å². The molecule has 46 heavy (non-hydrogen) atoms. The second-order valence-electron chi connectivity index (χ2n) is 12.8. The molecule has 2 saturated carbocycles. The van der Waals surface area contributed by atoms with E-state index in [9.17, 15) is 17.6 Å². The molecule has 0 spiro atoms. The molecule has 3 aromatic carbocycles. The van der Waals surface area contributed by atoms with Gasteiger partial charge < -0.3 is 4.74 Å². The van der Waals surface area contributed by atoms with Crippen LogP contribution in [0, 0.1) is 35.1 Å². The van der Waals surface area contributed by atoms with Crippen molar-refractivity contribution in [3.05, 3.63) is 82.9 Å². The van der Waals surface area contributed by atoms with Crippen molar-refractivity contribution < 1.29 is 31.1 Å². The molecule has 0 radical (unpaired) electrons. The topological polar surface area (TPSA) is 21.6 Å². The smallest absolute Gasteiger partial charge is 0.400 e. The fourth-order valence-electron chi connectivity index (χ4n) is 7.25. The predicted octanol–water partition coefficient (Wildman–Crippen LogP) is 12.4. The molecule has 2 nitrogen and oxygen atoms in total. The monoisotopic (exact) mass is 659 g/mol. The van der Waals surface area contributed by atoms with Gasteiger partial charge in [-0.3, -0.25) is 0 Å². The van der Waals surface area contributed by atoms with Gasteiger partial charge in [0.15, 0.2) is 11.6 Å². The van der Waals surface area contributed by atoms with Crippen LogP contribution in [0.15, 0.2) is 53.5 Å². The minimum atomic E-state index is -3.70. The summed E-state index contributed by atoms with van der Waals surface area (Å²) in [4.78, 5) is 3.26. The Morgan fingerprint density at radius 3 is 2.07 bits per heavy atom. The Bertz CT molecular complexity index is 1530. The average Bonchev–Trinajstić information content (AvgIpc) is 3.03. The van der Waals surface area contributed by atoms with E-state index in [0.717, 1.165) is 24.3 Å². The summed E-state index contributed by atoms with van der Waals surface area (Å²) < 4.78 is 93.6. The summed E-state index contributed by atoms with van der Waals surface area (Å²) in [7, 11) is 0. The lowest BCUT2D eigenvalue weighted by Crippen LogP contribution is -2.37. The second kappa shape index (κ2) is 15.2. The fourth-order valence-corrected chi connectivity index (χ4v) is 7.34. The summed E-state index contributed by atoms with van der Waals surface area (Å²) in [6, 6.07) is 11.2. The number of hydrogen-bond acceptors (Lipinski definition) is 3. The molecule has 0 N–H and O–H groups in total. The average molecular weight is 660 g/mol.